The topological polar surface area (TPSA) is 47.6 Å². The Labute approximate surface area is 242 Å². The third kappa shape index (κ3) is 26.8. The Morgan fingerprint density at radius 1 is 0.897 bits per heavy atom. The van der Waals surface area contributed by atoms with E-state index in [0.717, 1.165) is 24.8 Å². The molecular formula is C35H61NO3. The molecule has 4 heteroatoms. The largest absolute Gasteiger partial charge is 0.346 e. The number of benzene rings is 2. The Bertz CT molecular complexity index is 724. The Hall–Kier alpha value is -2.53. The van der Waals surface area contributed by atoms with Crippen molar-refractivity contribution in [3.63, 3.8) is 0 Å². The minimum Gasteiger partial charge on any atom is -0.346 e. The van der Waals surface area contributed by atoms with Gasteiger partial charge in [-0.25, -0.2) is 0 Å². The summed E-state index contributed by atoms with van der Waals surface area (Å²) in [6, 6.07) is 20.0. The van der Waals surface area contributed by atoms with Gasteiger partial charge in [-0.3, -0.25) is 0 Å². The van der Waals surface area contributed by atoms with Crippen LogP contribution < -0.4 is 5.32 Å². The molecule has 1 heterocycles. The summed E-state index contributed by atoms with van der Waals surface area (Å²) in [5.41, 5.74) is 2.28. The van der Waals surface area contributed by atoms with Crippen LogP contribution in [-0.2, 0) is 14.3 Å². The Morgan fingerprint density at radius 2 is 1.33 bits per heavy atom. The van der Waals surface area contributed by atoms with Crippen LogP contribution in [-0.4, -0.2) is 33.1 Å². The smallest absolute Gasteiger partial charge is 0.184 e. The number of allylic oxidation sites excluding steroid dienone is 2. The number of hydrogen-bond donors (Lipinski definition) is 1. The van der Waals surface area contributed by atoms with E-state index in [2.05, 4.69) is 31.8 Å². The molecule has 0 radical (unpaired) electrons. The summed E-state index contributed by atoms with van der Waals surface area (Å²) < 4.78 is 10.6. The van der Waals surface area contributed by atoms with Crippen molar-refractivity contribution in [2.45, 2.75) is 81.9 Å². The van der Waals surface area contributed by atoms with Gasteiger partial charge in [0.25, 0.3) is 0 Å². The molecule has 0 amide bonds. The maximum atomic E-state index is 10.3. The lowest BCUT2D eigenvalue weighted by Gasteiger charge is -2.11. The second-order valence-corrected chi connectivity index (χ2v) is 7.40. The van der Waals surface area contributed by atoms with Crippen molar-refractivity contribution in [3.05, 3.63) is 90.5 Å². The third-order valence-corrected chi connectivity index (χ3v) is 4.88. The van der Waals surface area contributed by atoms with Crippen LogP contribution in [0.4, 0.5) is 0 Å². The highest BCUT2D eigenvalue weighted by Gasteiger charge is 2.16. The number of carbonyl (C=O) groups excluding carboxylic acids is 1. The molecule has 3 rings (SSSR count). The fourth-order valence-electron chi connectivity index (χ4n) is 2.78. The van der Waals surface area contributed by atoms with Gasteiger partial charge in [-0.2, -0.15) is 0 Å². The van der Waals surface area contributed by atoms with Gasteiger partial charge in [-0.05, 0) is 38.4 Å². The van der Waals surface area contributed by atoms with Gasteiger partial charge in [-0.15, -0.1) is 0 Å². The van der Waals surface area contributed by atoms with Crippen LogP contribution >= 0.6 is 0 Å². The normalized spacial score (nSPS) is 12.7. The van der Waals surface area contributed by atoms with Crippen LogP contribution in [0.5, 0.6) is 0 Å². The van der Waals surface area contributed by atoms with Crippen LogP contribution in [0.1, 0.15) is 93.1 Å². The molecule has 1 aliphatic rings. The van der Waals surface area contributed by atoms with Gasteiger partial charge in [0.05, 0.1) is 13.2 Å². The van der Waals surface area contributed by atoms with E-state index < -0.39 is 0 Å². The van der Waals surface area contributed by atoms with Crippen molar-refractivity contribution in [1.29, 1.82) is 0 Å². The molecule has 0 saturated carbocycles. The molecule has 39 heavy (non-hydrogen) atoms. The summed E-state index contributed by atoms with van der Waals surface area (Å²) >= 11 is 0. The van der Waals surface area contributed by atoms with E-state index in [9.17, 15) is 4.79 Å². The zero-order valence-corrected chi connectivity index (χ0v) is 27.1. The lowest BCUT2D eigenvalue weighted by Crippen LogP contribution is -2.08. The summed E-state index contributed by atoms with van der Waals surface area (Å²) in [6.07, 6.45) is 7.88. The number of aldehydes is 1. The average molecular weight is 544 g/mol. The highest BCUT2D eigenvalue weighted by Crippen LogP contribution is 2.22. The zero-order chi connectivity index (χ0) is 30.7. The quantitative estimate of drug-likeness (QED) is 0.279. The van der Waals surface area contributed by atoms with Gasteiger partial charge >= 0.3 is 0 Å². The van der Waals surface area contributed by atoms with Crippen LogP contribution in [0.2, 0.25) is 0 Å². The van der Waals surface area contributed by atoms with Gasteiger partial charge in [0.2, 0.25) is 0 Å². The molecule has 1 N–H and O–H groups in total. The highest BCUT2D eigenvalue weighted by molar-refractivity contribution is 5.53. The first kappa shape index (κ1) is 43.5. The number of hydrogen-bond acceptors (Lipinski definition) is 4. The van der Waals surface area contributed by atoms with E-state index in [-0.39, 0.29) is 12.2 Å². The lowest BCUT2D eigenvalue weighted by molar-refractivity contribution is -0.111. The van der Waals surface area contributed by atoms with Crippen LogP contribution in [0.25, 0.3) is 6.08 Å². The van der Waals surface area contributed by atoms with E-state index in [4.69, 9.17) is 9.47 Å². The van der Waals surface area contributed by atoms with Crippen LogP contribution in [0, 0.1) is 11.8 Å². The van der Waals surface area contributed by atoms with Gasteiger partial charge in [0.1, 0.15) is 6.29 Å². The average Bonchev–Trinajstić information content (AvgIpc) is 3.59. The molecule has 0 bridgehead atoms. The molecule has 2 atom stereocenters. The molecule has 2 aromatic rings. The predicted molar refractivity (Wildman–Crippen MR) is 175 cm³/mol. The molecule has 0 aliphatic carbocycles. The summed E-state index contributed by atoms with van der Waals surface area (Å²) in [7, 11) is 1.93. The first-order chi connectivity index (χ1) is 19.1. The van der Waals surface area contributed by atoms with Crippen molar-refractivity contribution < 1.29 is 14.3 Å². The van der Waals surface area contributed by atoms with Gasteiger partial charge in [0.15, 0.2) is 6.29 Å². The number of ether oxygens (including phenoxy) is 2. The first-order valence-electron chi connectivity index (χ1n) is 14.8. The van der Waals surface area contributed by atoms with Gasteiger partial charge in [-0.1, -0.05) is 148 Å². The molecule has 224 valence electrons. The lowest BCUT2D eigenvalue weighted by atomic mass is 9.93. The molecule has 0 aromatic heterocycles. The molecule has 1 aliphatic heterocycles. The van der Waals surface area contributed by atoms with Gasteiger partial charge in [0, 0.05) is 11.5 Å². The molecule has 4 nitrogen and oxygen atoms in total. The first-order valence-corrected chi connectivity index (χ1v) is 14.8. The molecule has 1 fully saturated rings. The minimum absolute atomic E-state index is 0.129. The minimum atomic E-state index is -0.129. The van der Waals surface area contributed by atoms with E-state index in [0.29, 0.717) is 19.1 Å². The van der Waals surface area contributed by atoms with E-state index in [1.165, 1.54) is 5.56 Å². The molecule has 0 spiro atoms. The summed E-state index contributed by atoms with van der Waals surface area (Å²) in [5, 5.41) is 2.93. The van der Waals surface area contributed by atoms with Crippen LogP contribution in [0.3, 0.4) is 0 Å². The maximum Gasteiger partial charge on any atom is 0.184 e. The Kier molecular flexibility index (Phi) is 42.0. The van der Waals surface area contributed by atoms with Crippen molar-refractivity contribution >= 4 is 12.4 Å². The summed E-state index contributed by atoms with van der Waals surface area (Å²) in [6.45, 7) is 26.2. The van der Waals surface area contributed by atoms with Crippen molar-refractivity contribution in [2.24, 2.45) is 11.8 Å². The van der Waals surface area contributed by atoms with E-state index in [1.54, 1.807) is 0 Å². The molecule has 1 saturated heterocycles. The molecular weight excluding hydrogens is 482 g/mol. The standard InChI is InChI=1S/C9H10O2.C9H16O.C8H8.C3H9N.3C2H6/c1-2-4-8(5-3-1)9-10-6-7-11-9;1-4-6-9(5-2)8(3)7-10;1-2-8-6-4-3-5-7-8;1-3-4-2;3*1-2/h1-5,9H,6-7H2;4,6-9H,5H2,1-3H3;2-7H,1H2;4H,3H2,1-2H3;3*1-2H3/b;6-4-;;;;;. The Morgan fingerprint density at radius 3 is 1.64 bits per heavy atom. The second kappa shape index (κ2) is 37.6. The highest BCUT2D eigenvalue weighted by atomic mass is 16.7. The van der Waals surface area contributed by atoms with Crippen LogP contribution in [0.15, 0.2) is 79.4 Å². The maximum absolute atomic E-state index is 10.3. The Balaban J connectivity index is -0.000000204. The number of carbonyl (C=O) groups is 1. The van der Waals surface area contributed by atoms with Gasteiger partial charge < -0.3 is 19.6 Å². The zero-order valence-electron chi connectivity index (χ0n) is 27.1. The van der Waals surface area contributed by atoms with E-state index >= 15 is 0 Å². The van der Waals surface area contributed by atoms with Crippen molar-refractivity contribution in [1.82, 2.24) is 5.32 Å². The number of rotatable bonds is 7. The summed E-state index contributed by atoms with van der Waals surface area (Å²) in [5.74, 6) is 0.601. The van der Waals surface area contributed by atoms with E-state index in [1.807, 2.05) is 135 Å². The molecule has 2 unspecified atom stereocenters. The predicted octanol–water partition coefficient (Wildman–Crippen LogP) is 9.79. The molecule has 2 aromatic carbocycles. The second-order valence-electron chi connectivity index (χ2n) is 7.40. The summed E-state index contributed by atoms with van der Waals surface area (Å²) in [4.78, 5) is 10.3. The fraction of sp³-hybridized carbons (Fsp3) is 0.514. The van der Waals surface area contributed by atoms with Crippen molar-refractivity contribution in [2.75, 3.05) is 26.8 Å². The fourth-order valence-corrected chi connectivity index (χ4v) is 2.78. The van der Waals surface area contributed by atoms with Crippen molar-refractivity contribution in [3.8, 4) is 0 Å². The third-order valence-electron chi connectivity index (χ3n) is 4.88. The SMILES string of the molecule is C/C=C\C(CC)C(C)C=O.C=Cc1ccccc1.CC.CC.CC.CCNC.c1ccc(C2OCCO2)cc1. The number of nitrogens with one attached hydrogen (secondary N) is 1. The monoisotopic (exact) mass is 543 g/mol.